The van der Waals surface area contributed by atoms with Crippen molar-refractivity contribution in [3.8, 4) is 0 Å². The summed E-state index contributed by atoms with van der Waals surface area (Å²) < 4.78 is 10.9. The predicted molar refractivity (Wildman–Crippen MR) is 82.4 cm³/mol. The van der Waals surface area contributed by atoms with E-state index in [2.05, 4.69) is 12.2 Å². The zero-order valence-electron chi connectivity index (χ0n) is 13.9. The van der Waals surface area contributed by atoms with Crippen LogP contribution >= 0.6 is 0 Å². The van der Waals surface area contributed by atoms with Crippen molar-refractivity contribution in [2.45, 2.75) is 77.1 Å². The monoisotopic (exact) mass is 298 g/mol. The maximum absolute atomic E-state index is 12.3. The lowest BCUT2D eigenvalue weighted by atomic mass is 9.95. The molecule has 0 spiro atoms. The number of nitrogens with one attached hydrogen (secondary N) is 1. The first-order valence-corrected chi connectivity index (χ1v) is 8.20. The smallest absolute Gasteiger partial charge is 0.410 e. The fourth-order valence-corrected chi connectivity index (χ4v) is 3.11. The standard InChI is InChI=1S/C16H30N2O3/c1-12-14(17-13-7-10-20-11-8-13)6-5-9-18(12)15(19)21-16(2,3)4/h12-14,17H,5-11H2,1-4H3. The highest BCUT2D eigenvalue weighted by molar-refractivity contribution is 5.68. The van der Waals surface area contributed by atoms with E-state index in [1.54, 1.807) is 0 Å². The van der Waals surface area contributed by atoms with Crippen molar-refractivity contribution in [3.05, 3.63) is 0 Å². The van der Waals surface area contributed by atoms with Crippen LogP contribution in [0.3, 0.4) is 0 Å². The Hall–Kier alpha value is -0.810. The van der Waals surface area contributed by atoms with Gasteiger partial charge in [0.05, 0.1) is 0 Å². The Morgan fingerprint density at radius 2 is 1.90 bits per heavy atom. The van der Waals surface area contributed by atoms with Gasteiger partial charge in [-0.3, -0.25) is 0 Å². The first kappa shape index (κ1) is 16.6. The first-order valence-electron chi connectivity index (χ1n) is 8.20. The van der Waals surface area contributed by atoms with E-state index in [-0.39, 0.29) is 12.1 Å². The normalized spacial score (nSPS) is 28.5. The van der Waals surface area contributed by atoms with Crippen LogP contribution in [0, 0.1) is 0 Å². The molecule has 2 saturated heterocycles. The topological polar surface area (TPSA) is 50.8 Å². The fraction of sp³-hybridized carbons (Fsp3) is 0.938. The Labute approximate surface area is 128 Å². The predicted octanol–water partition coefficient (Wildman–Crippen LogP) is 2.54. The van der Waals surface area contributed by atoms with Crippen LogP contribution in [0.25, 0.3) is 0 Å². The van der Waals surface area contributed by atoms with Crippen molar-refractivity contribution in [1.29, 1.82) is 0 Å². The molecular weight excluding hydrogens is 268 g/mol. The van der Waals surface area contributed by atoms with E-state index in [0.29, 0.717) is 12.1 Å². The molecule has 21 heavy (non-hydrogen) atoms. The molecule has 0 aromatic rings. The van der Waals surface area contributed by atoms with Crippen LogP contribution in [0.5, 0.6) is 0 Å². The maximum Gasteiger partial charge on any atom is 0.410 e. The second-order valence-electron chi connectivity index (χ2n) is 7.22. The minimum Gasteiger partial charge on any atom is -0.444 e. The molecule has 2 heterocycles. The average Bonchev–Trinajstić information content (AvgIpc) is 2.40. The Morgan fingerprint density at radius 3 is 2.52 bits per heavy atom. The lowest BCUT2D eigenvalue weighted by Gasteiger charge is -2.42. The molecule has 2 fully saturated rings. The van der Waals surface area contributed by atoms with Crippen molar-refractivity contribution >= 4 is 6.09 Å². The van der Waals surface area contributed by atoms with Gasteiger partial charge in [-0.25, -0.2) is 4.79 Å². The molecular formula is C16H30N2O3. The van der Waals surface area contributed by atoms with E-state index in [4.69, 9.17) is 9.47 Å². The van der Waals surface area contributed by atoms with Crippen molar-refractivity contribution in [3.63, 3.8) is 0 Å². The van der Waals surface area contributed by atoms with Crippen LogP contribution in [-0.2, 0) is 9.47 Å². The second kappa shape index (κ2) is 6.97. The number of rotatable bonds is 2. The van der Waals surface area contributed by atoms with E-state index >= 15 is 0 Å². The van der Waals surface area contributed by atoms with Crippen LogP contribution in [-0.4, -0.2) is 54.5 Å². The molecule has 0 saturated carbocycles. The van der Waals surface area contributed by atoms with E-state index in [1.165, 1.54) is 0 Å². The van der Waals surface area contributed by atoms with Gasteiger partial charge in [-0.2, -0.15) is 0 Å². The van der Waals surface area contributed by atoms with Crippen molar-refractivity contribution in [1.82, 2.24) is 10.2 Å². The van der Waals surface area contributed by atoms with Gasteiger partial charge in [-0.15, -0.1) is 0 Å². The Morgan fingerprint density at radius 1 is 1.24 bits per heavy atom. The molecule has 2 unspecified atom stereocenters. The van der Waals surface area contributed by atoms with E-state index in [9.17, 15) is 4.79 Å². The summed E-state index contributed by atoms with van der Waals surface area (Å²) in [5.74, 6) is 0. The maximum atomic E-state index is 12.3. The molecule has 5 heteroatoms. The lowest BCUT2D eigenvalue weighted by molar-refractivity contribution is 0.00406. The summed E-state index contributed by atoms with van der Waals surface area (Å²) in [7, 11) is 0. The molecule has 0 aromatic heterocycles. The number of piperidine rings is 1. The molecule has 0 bridgehead atoms. The van der Waals surface area contributed by atoms with Gasteiger partial charge in [0.1, 0.15) is 5.60 Å². The number of hydrogen-bond donors (Lipinski definition) is 1. The zero-order chi connectivity index (χ0) is 15.5. The quantitative estimate of drug-likeness (QED) is 0.851. The van der Waals surface area contributed by atoms with E-state index < -0.39 is 5.60 Å². The van der Waals surface area contributed by atoms with Crippen molar-refractivity contribution in [2.75, 3.05) is 19.8 Å². The number of carbonyl (C=O) groups excluding carboxylic acids is 1. The number of nitrogens with zero attached hydrogens (tertiary/aromatic N) is 1. The van der Waals surface area contributed by atoms with Gasteiger partial charge in [0.25, 0.3) is 0 Å². The minimum absolute atomic E-state index is 0.177. The lowest BCUT2D eigenvalue weighted by Crippen LogP contribution is -2.57. The van der Waals surface area contributed by atoms with Crippen LogP contribution in [0.2, 0.25) is 0 Å². The average molecular weight is 298 g/mol. The molecule has 2 rings (SSSR count). The molecule has 1 N–H and O–H groups in total. The minimum atomic E-state index is -0.433. The number of amides is 1. The van der Waals surface area contributed by atoms with Gasteiger partial charge in [-0.1, -0.05) is 0 Å². The van der Waals surface area contributed by atoms with Crippen LogP contribution in [0.1, 0.15) is 53.4 Å². The largest absolute Gasteiger partial charge is 0.444 e. The van der Waals surface area contributed by atoms with Crippen molar-refractivity contribution in [2.24, 2.45) is 0 Å². The summed E-state index contributed by atoms with van der Waals surface area (Å²) in [6.45, 7) is 10.3. The van der Waals surface area contributed by atoms with Crippen LogP contribution in [0.15, 0.2) is 0 Å². The summed E-state index contributed by atoms with van der Waals surface area (Å²) in [5, 5.41) is 3.73. The van der Waals surface area contributed by atoms with Gasteiger partial charge >= 0.3 is 6.09 Å². The number of carbonyl (C=O) groups is 1. The van der Waals surface area contributed by atoms with E-state index in [0.717, 1.165) is 45.4 Å². The van der Waals surface area contributed by atoms with Gasteiger partial charge in [-0.05, 0) is 53.4 Å². The fourth-order valence-electron chi connectivity index (χ4n) is 3.11. The third-order valence-corrected chi connectivity index (χ3v) is 4.29. The number of ether oxygens (including phenoxy) is 2. The first-order chi connectivity index (χ1) is 9.87. The molecule has 2 atom stereocenters. The molecule has 0 radical (unpaired) electrons. The number of likely N-dealkylation sites (tertiary alicyclic amines) is 1. The molecule has 122 valence electrons. The highest BCUT2D eigenvalue weighted by Crippen LogP contribution is 2.22. The van der Waals surface area contributed by atoms with E-state index in [1.807, 2.05) is 25.7 Å². The summed E-state index contributed by atoms with van der Waals surface area (Å²) >= 11 is 0. The van der Waals surface area contributed by atoms with Gasteiger partial charge in [0.2, 0.25) is 0 Å². The third-order valence-electron chi connectivity index (χ3n) is 4.29. The summed E-state index contributed by atoms with van der Waals surface area (Å²) in [5.41, 5.74) is -0.433. The SMILES string of the molecule is CC1C(NC2CCOCC2)CCCN1C(=O)OC(C)(C)C. The van der Waals surface area contributed by atoms with Crippen LogP contribution in [0.4, 0.5) is 4.79 Å². The molecule has 0 aliphatic carbocycles. The summed E-state index contributed by atoms with van der Waals surface area (Å²) in [6, 6.07) is 1.05. The third kappa shape index (κ3) is 4.85. The number of hydrogen-bond acceptors (Lipinski definition) is 4. The zero-order valence-corrected chi connectivity index (χ0v) is 13.9. The van der Waals surface area contributed by atoms with Gasteiger partial charge in [0, 0.05) is 37.9 Å². The second-order valence-corrected chi connectivity index (χ2v) is 7.22. The molecule has 2 aliphatic heterocycles. The Bertz CT molecular complexity index is 348. The molecule has 2 aliphatic rings. The molecule has 0 aromatic carbocycles. The van der Waals surface area contributed by atoms with Crippen molar-refractivity contribution < 1.29 is 14.3 Å². The highest BCUT2D eigenvalue weighted by Gasteiger charge is 2.34. The molecule has 1 amide bonds. The Balaban J connectivity index is 1.90. The van der Waals surface area contributed by atoms with Gasteiger partial charge in [0.15, 0.2) is 0 Å². The summed E-state index contributed by atoms with van der Waals surface area (Å²) in [4.78, 5) is 14.2. The highest BCUT2D eigenvalue weighted by atomic mass is 16.6. The summed E-state index contributed by atoms with van der Waals surface area (Å²) in [6.07, 6.45) is 4.10. The van der Waals surface area contributed by atoms with Crippen LogP contribution < -0.4 is 5.32 Å². The van der Waals surface area contributed by atoms with Gasteiger partial charge < -0.3 is 19.7 Å². The Kier molecular flexibility index (Phi) is 5.49. The molecule has 5 nitrogen and oxygen atoms in total.